The minimum Gasteiger partial charge on any atom is -0.455 e. The number of carbonyl (C=O) groups is 1. The number of likely N-dealkylation sites (tertiary alicyclic amines) is 1. The van der Waals surface area contributed by atoms with E-state index < -0.39 is 31.4 Å². The standard InChI is InChI=1S/C48H58N8O6S/c1-31(2)38-7-4-5-8-39(38)40-9-6-10-42(40)55-29-48(30-55)18-21-54(22-19-48)35-15-16-41(44(24-35)62-36-23-34-17-20-49-45(34)51-27-36)47(57)53-63(60,61)37-25-43(56(58)59)46(52-28-37)50-26-33-13-11-32(3)12-14-33/h4-5,7-8,15-17,20,23-25,27-28,31-33,40,42H,6,9-14,18-19,21-22,26,29-30H2,1-3H3,(H,49,51)(H,50,52)(H,53,57)/t32-,33+,40-,42+/m0/s1. The Kier molecular flexibility index (Phi) is 11.9. The summed E-state index contributed by atoms with van der Waals surface area (Å²) in [5.74, 6) is 1.67. The molecule has 4 aliphatic rings. The van der Waals surface area contributed by atoms with Crippen LogP contribution in [0.1, 0.15) is 112 Å². The molecule has 15 heteroatoms. The molecule has 3 N–H and O–H groups in total. The van der Waals surface area contributed by atoms with E-state index in [9.17, 15) is 23.3 Å². The van der Waals surface area contributed by atoms with Crippen molar-refractivity contribution in [2.24, 2.45) is 17.3 Å². The summed E-state index contributed by atoms with van der Waals surface area (Å²) in [6.45, 7) is 11.2. The number of rotatable bonds is 13. The van der Waals surface area contributed by atoms with Gasteiger partial charge in [0.1, 0.15) is 22.0 Å². The van der Waals surface area contributed by atoms with E-state index in [1.54, 1.807) is 30.6 Å². The third kappa shape index (κ3) is 8.99. The van der Waals surface area contributed by atoms with Gasteiger partial charge in [-0.2, -0.15) is 0 Å². The molecular formula is C48H58N8O6S. The third-order valence-corrected chi connectivity index (χ3v) is 15.6. The zero-order valence-corrected chi connectivity index (χ0v) is 37.2. The summed E-state index contributed by atoms with van der Waals surface area (Å²) in [6.07, 6.45) is 14.4. The van der Waals surface area contributed by atoms with Crippen molar-refractivity contribution in [2.75, 3.05) is 42.9 Å². The molecule has 9 rings (SSSR count). The molecule has 0 radical (unpaired) electrons. The number of aromatic amines is 1. The number of benzene rings is 2. The van der Waals surface area contributed by atoms with Crippen LogP contribution in [0.2, 0.25) is 0 Å². The molecule has 2 saturated carbocycles. The fourth-order valence-corrected chi connectivity index (χ4v) is 11.6. The lowest BCUT2D eigenvalue weighted by molar-refractivity contribution is -0.384. The Morgan fingerprint density at radius 1 is 0.984 bits per heavy atom. The van der Waals surface area contributed by atoms with Crippen molar-refractivity contribution < 1.29 is 22.9 Å². The summed E-state index contributed by atoms with van der Waals surface area (Å²) in [4.78, 5) is 41.6. The van der Waals surface area contributed by atoms with Gasteiger partial charge < -0.3 is 19.9 Å². The van der Waals surface area contributed by atoms with E-state index in [0.29, 0.717) is 47.7 Å². The zero-order valence-electron chi connectivity index (χ0n) is 36.4. The molecule has 4 fully saturated rings. The van der Waals surface area contributed by atoms with Crippen LogP contribution in [-0.2, 0) is 10.0 Å². The van der Waals surface area contributed by atoms with E-state index in [0.717, 1.165) is 88.0 Å². The second-order valence-corrected chi connectivity index (χ2v) is 20.6. The SMILES string of the molecule is CC(C)c1ccccc1[C@@H]1CCC[C@H]1N1CC2(CCN(c3ccc(C(=O)NS(=O)(=O)c4cnc(NC[C@H]5CC[C@@H](C)CC5)c([N+](=O)[O-])c4)c(Oc4cnc5[nH]ccc5c4)c3)CC2)C1. The second kappa shape index (κ2) is 17.6. The maximum absolute atomic E-state index is 14.0. The summed E-state index contributed by atoms with van der Waals surface area (Å²) in [5, 5.41) is 16.0. The van der Waals surface area contributed by atoms with Crippen LogP contribution in [0.4, 0.5) is 17.2 Å². The molecular weight excluding hydrogens is 817 g/mol. The number of nitrogens with one attached hydrogen (secondary N) is 3. The number of fused-ring (bicyclic) bond motifs is 1. The van der Waals surface area contributed by atoms with Crippen molar-refractivity contribution in [3.05, 3.63) is 106 Å². The van der Waals surface area contributed by atoms with Gasteiger partial charge in [-0.15, -0.1) is 0 Å². The summed E-state index contributed by atoms with van der Waals surface area (Å²) >= 11 is 0. The van der Waals surface area contributed by atoms with Gasteiger partial charge in [0, 0.05) is 68.2 Å². The number of nitrogens with zero attached hydrogens (tertiary/aromatic N) is 5. The molecule has 2 atom stereocenters. The minimum absolute atomic E-state index is 0.00727. The average molecular weight is 875 g/mol. The topological polar surface area (TPSA) is 176 Å². The lowest BCUT2D eigenvalue weighted by Gasteiger charge is -2.57. The predicted octanol–water partition coefficient (Wildman–Crippen LogP) is 9.38. The molecule has 332 valence electrons. The Hall–Kier alpha value is -5.54. The van der Waals surface area contributed by atoms with Crippen molar-refractivity contribution in [2.45, 2.75) is 101 Å². The molecule has 2 saturated heterocycles. The summed E-state index contributed by atoms with van der Waals surface area (Å²) in [6, 6.07) is 19.4. The van der Waals surface area contributed by atoms with E-state index in [4.69, 9.17) is 4.74 Å². The molecule has 63 heavy (non-hydrogen) atoms. The number of pyridine rings is 2. The van der Waals surface area contributed by atoms with E-state index in [2.05, 4.69) is 79.8 Å². The van der Waals surface area contributed by atoms with Crippen LogP contribution in [0.15, 0.2) is 84.1 Å². The first kappa shape index (κ1) is 42.7. The Labute approximate surface area is 369 Å². The highest BCUT2D eigenvalue weighted by Crippen LogP contribution is 2.49. The first-order valence-corrected chi connectivity index (χ1v) is 24.1. The molecule has 1 amide bonds. The predicted molar refractivity (Wildman–Crippen MR) is 244 cm³/mol. The molecule has 2 aliphatic carbocycles. The molecule has 5 heterocycles. The first-order chi connectivity index (χ1) is 30.3. The number of piperidine rings is 1. The number of nitro groups is 1. The quantitative estimate of drug-likeness (QED) is 0.0759. The molecule has 2 aliphatic heterocycles. The van der Waals surface area contributed by atoms with Gasteiger partial charge in [-0.25, -0.2) is 23.1 Å². The van der Waals surface area contributed by atoms with Gasteiger partial charge in [0.25, 0.3) is 15.9 Å². The molecule has 2 aromatic carbocycles. The third-order valence-electron chi connectivity index (χ3n) is 14.3. The number of ether oxygens (including phenoxy) is 1. The maximum atomic E-state index is 14.0. The normalized spacial score (nSPS) is 22.6. The highest BCUT2D eigenvalue weighted by Gasteiger charge is 2.49. The van der Waals surface area contributed by atoms with Gasteiger partial charge in [-0.05, 0) is 103 Å². The van der Waals surface area contributed by atoms with Gasteiger partial charge in [-0.1, -0.05) is 64.3 Å². The van der Waals surface area contributed by atoms with Crippen LogP contribution in [0.5, 0.6) is 11.5 Å². The van der Waals surface area contributed by atoms with Gasteiger partial charge in [0.05, 0.1) is 22.9 Å². The summed E-state index contributed by atoms with van der Waals surface area (Å²) in [7, 11) is -4.59. The Balaban J connectivity index is 0.899. The fraction of sp³-hybridized carbons (Fsp3) is 0.479. The number of hydrogen-bond acceptors (Lipinski definition) is 11. The second-order valence-electron chi connectivity index (χ2n) is 18.9. The lowest BCUT2D eigenvalue weighted by Crippen LogP contribution is -2.63. The van der Waals surface area contributed by atoms with E-state index in [-0.39, 0.29) is 22.5 Å². The van der Waals surface area contributed by atoms with Crippen molar-refractivity contribution in [1.82, 2.24) is 24.6 Å². The fourth-order valence-electron chi connectivity index (χ4n) is 10.7. The van der Waals surface area contributed by atoms with E-state index >= 15 is 0 Å². The molecule has 1 spiro atoms. The van der Waals surface area contributed by atoms with Crippen LogP contribution < -0.4 is 19.7 Å². The van der Waals surface area contributed by atoms with Crippen molar-refractivity contribution in [3.8, 4) is 11.5 Å². The van der Waals surface area contributed by atoms with Gasteiger partial charge in [0.15, 0.2) is 0 Å². The van der Waals surface area contributed by atoms with E-state index in [1.165, 1.54) is 30.4 Å². The number of carbonyl (C=O) groups excluding carboxylic acids is 1. The van der Waals surface area contributed by atoms with Crippen LogP contribution in [0, 0.1) is 27.4 Å². The Morgan fingerprint density at radius 3 is 2.52 bits per heavy atom. The minimum atomic E-state index is -4.59. The number of aromatic nitrogens is 3. The van der Waals surface area contributed by atoms with E-state index in [1.807, 2.05) is 12.1 Å². The highest BCUT2D eigenvalue weighted by atomic mass is 32.2. The monoisotopic (exact) mass is 874 g/mol. The van der Waals surface area contributed by atoms with Crippen LogP contribution >= 0.6 is 0 Å². The largest absolute Gasteiger partial charge is 0.455 e. The zero-order chi connectivity index (χ0) is 43.9. The Bertz CT molecular complexity index is 2590. The maximum Gasteiger partial charge on any atom is 0.312 e. The number of anilines is 2. The van der Waals surface area contributed by atoms with Gasteiger partial charge >= 0.3 is 5.69 Å². The molecule has 0 unspecified atom stereocenters. The number of sulfonamides is 1. The van der Waals surface area contributed by atoms with Crippen LogP contribution in [-0.4, -0.2) is 77.9 Å². The number of H-pyrrole nitrogens is 1. The van der Waals surface area contributed by atoms with Gasteiger partial charge in [0.2, 0.25) is 5.82 Å². The number of amides is 1. The first-order valence-electron chi connectivity index (χ1n) is 22.6. The molecule has 3 aromatic heterocycles. The highest BCUT2D eigenvalue weighted by molar-refractivity contribution is 7.90. The van der Waals surface area contributed by atoms with Crippen molar-refractivity contribution in [3.63, 3.8) is 0 Å². The van der Waals surface area contributed by atoms with Crippen molar-refractivity contribution >= 4 is 44.2 Å². The summed E-state index contributed by atoms with van der Waals surface area (Å²) < 4.78 is 35.9. The number of hydrogen-bond donors (Lipinski definition) is 3. The molecule has 5 aromatic rings. The summed E-state index contributed by atoms with van der Waals surface area (Å²) in [5.41, 5.74) is 4.32. The average Bonchev–Trinajstić information content (AvgIpc) is 3.95. The van der Waals surface area contributed by atoms with Crippen molar-refractivity contribution in [1.29, 1.82) is 0 Å². The smallest absolute Gasteiger partial charge is 0.312 e. The van der Waals surface area contributed by atoms with Gasteiger partial charge in [-0.3, -0.25) is 19.8 Å². The van der Waals surface area contributed by atoms with Crippen LogP contribution in [0.25, 0.3) is 11.0 Å². The molecule has 14 nitrogen and oxygen atoms in total. The lowest BCUT2D eigenvalue weighted by atomic mass is 9.70. The molecule has 0 bridgehead atoms. The van der Waals surface area contributed by atoms with Crippen LogP contribution in [0.3, 0.4) is 0 Å². The Morgan fingerprint density at radius 2 is 1.76 bits per heavy atom.